The third-order valence-corrected chi connectivity index (χ3v) is 7.80. The highest BCUT2D eigenvalue weighted by atomic mass is 127. The van der Waals surface area contributed by atoms with Crippen molar-refractivity contribution in [3.63, 3.8) is 0 Å². The van der Waals surface area contributed by atoms with Gasteiger partial charge in [-0.25, -0.2) is 0 Å². The lowest BCUT2D eigenvalue weighted by atomic mass is 9.69. The highest BCUT2D eigenvalue weighted by Crippen LogP contribution is 2.49. The van der Waals surface area contributed by atoms with E-state index in [0.717, 1.165) is 37.3 Å². The lowest BCUT2D eigenvalue weighted by Crippen LogP contribution is -2.44. The zero-order chi connectivity index (χ0) is 24.9. The van der Waals surface area contributed by atoms with Crippen LogP contribution in [-0.4, -0.2) is 16.5 Å². The zero-order valence-corrected chi connectivity index (χ0v) is 23.1. The normalized spacial score (nSPS) is 20.5. The summed E-state index contributed by atoms with van der Waals surface area (Å²) in [7, 11) is 0. The molecule has 0 saturated carbocycles. The Hall–Kier alpha value is -2.51. The minimum Gasteiger partial charge on any atom is -0.460 e. The fraction of sp³-hybridized carbons (Fsp3) is 0.448. The summed E-state index contributed by atoms with van der Waals surface area (Å²) in [4.78, 5) is 2.57. The first-order chi connectivity index (χ1) is 15.9. The van der Waals surface area contributed by atoms with Crippen LogP contribution in [0.1, 0.15) is 71.1 Å². The molecular weight excluding hydrogens is 533 g/mol. The molecule has 4 nitrogen and oxygen atoms in total. The Balaban J connectivity index is 1.79. The van der Waals surface area contributed by atoms with Gasteiger partial charge < -0.3 is 9.64 Å². The number of allylic oxidation sites excluding steroid dienone is 6. The number of rotatable bonds is 3. The molecule has 1 aromatic carbocycles. The standard InChI is InChI=1S/C29H32IN3O/c1-27(2)9-11-33-12-10-28(3,4)24-14-19(13-23(27)26(24)33)7-8-22-15-20(21(17-31)18-32)16-25(34-22)29(5,6)30/h7-8,13-16H,9-12H2,1-6H3/b8-7+. The lowest BCUT2D eigenvalue weighted by Gasteiger charge is -2.48. The van der Waals surface area contributed by atoms with Crippen LogP contribution in [0.5, 0.6) is 0 Å². The quantitative estimate of drug-likeness (QED) is 0.221. The molecule has 0 amide bonds. The first-order valence-corrected chi connectivity index (χ1v) is 12.9. The average Bonchev–Trinajstić information content (AvgIpc) is 2.76. The van der Waals surface area contributed by atoms with E-state index in [-0.39, 0.29) is 19.8 Å². The highest BCUT2D eigenvalue weighted by molar-refractivity contribution is 14.1. The van der Waals surface area contributed by atoms with E-state index < -0.39 is 0 Å². The summed E-state index contributed by atoms with van der Waals surface area (Å²) in [5.41, 5.74) is 6.38. The molecule has 3 heterocycles. The molecule has 0 bridgehead atoms. The predicted octanol–water partition coefficient (Wildman–Crippen LogP) is 7.22. The molecule has 3 aliphatic heterocycles. The van der Waals surface area contributed by atoms with E-state index in [1.54, 1.807) is 12.2 Å². The van der Waals surface area contributed by atoms with Crippen molar-refractivity contribution in [1.82, 2.24) is 0 Å². The second-order valence-electron chi connectivity index (χ2n) is 11.2. The highest BCUT2D eigenvalue weighted by Gasteiger charge is 2.39. The SMILES string of the molecule is CC(C)(I)C1=CC(=C(C#N)C#N)C=C(/C=C/c2cc3c4c(c2)C(C)(C)CCN4CCC3(C)C)O1. The van der Waals surface area contributed by atoms with Gasteiger partial charge in [0.1, 0.15) is 29.2 Å². The monoisotopic (exact) mass is 565 g/mol. The molecule has 0 aliphatic carbocycles. The number of nitriles is 2. The summed E-state index contributed by atoms with van der Waals surface area (Å²) in [5.74, 6) is 1.36. The fourth-order valence-electron chi connectivity index (χ4n) is 4.93. The molecule has 0 spiro atoms. The molecule has 3 aliphatic rings. The summed E-state index contributed by atoms with van der Waals surface area (Å²) in [6.07, 6.45) is 9.94. The third-order valence-electron chi connectivity index (χ3n) is 7.27. The molecule has 176 valence electrons. The number of anilines is 1. The molecule has 4 rings (SSSR count). The number of alkyl halides is 1. The van der Waals surface area contributed by atoms with Gasteiger partial charge in [0.25, 0.3) is 0 Å². The minimum atomic E-state index is -0.278. The summed E-state index contributed by atoms with van der Waals surface area (Å²) in [6.45, 7) is 15.7. The van der Waals surface area contributed by atoms with Crippen molar-refractivity contribution < 1.29 is 4.74 Å². The second kappa shape index (κ2) is 8.61. The van der Waals surface area contributed by atoms with Crippen molar-refractivity contribution in [2.24, 2.45) is 0 Å². The Morgan fingerprint density at radius 3 is 2.06 bits per heavy atom. The molecule has 0 N–H and O–H groups in total. The second-order valence-corrected chi connectivity index (χ2v) is 13.9. The van der Waals surface area contributed by atoms with Crippen LogP contribution in [0.25, 0.3) is 6.08 Å². The van der Waals surface area contributed by atoms with Crippen molar-refractivity contribution in [3.05, 3.63) is 69.7 Å². The van der Waals surface area contributed by atoms with E-state index in [9.17, 15) is 10.5 Å². The lowest BCUT2D eigenvalue weighted by molar-refractivity contribution is 0.290. The van der Waals surface area contributed by atoms with Gasteiger partial charge in [0.05, 0.1) is 3.42 Å². The van der Waals surface area contributed by atoms with Crippen LogP contribution in [0.4, 0.5) is 5.69 Å². The molecule has 34 heavy (non-hydrogen) atoms. The van der Waals surface area contributed by atoms with Gasteiger partial charge in [-0.15, -0.1) is 0 Å². The Bertz CT molecular complexity index is 1180. The smallest absolute Gasteiger partial charge is 0.137 e. The van der Waals surface area contributed by atoms with Crippen molar-refractivity contribution in [2.75, 3.05) is 18.0 Å². The topological polar surface area (TPSA) is 60.0 Å². The van der Waals surface area contributed by atoms with Crippen LogP contribution >= 0.6 is 22.6 Å². The Kier molecular flexibility index (Phi) is 6.23. The molecule has 0 radical (unpaired) electrons. The fourth-order valence-corrected chi connectivity index (χ4v) is 5.20. The zero-order valence-electron chi connectivity index (χ0n) is 20.9. The Morgan fingerprint density at radius 2 is 1.56 bits per heavy atom. The maximum absolute atomic E-state index is 9.40. The van der Waals surface area contributed by atoms with Gasteiger partial charge in [0.2, 0.25) is 0 Å². The molecule has 0 fully saturated rings. The van der Waals surface area contributed by atoms with E-state index in [2.05, 4.69) is 73.4 Å². The van der Waals surface area contributed by atoms with Gasteiger partial charge in [0, 0.05) is 24.4 Å². The summed E-state index contributed by atoms with van der Waals surface area (Å²) >= 11 is 2.31. The number of hydrogen-bond acceptors (Lipinski definition) is 4. The maximum atomic E-state index is 9.40. The van der Waals surface area contributed by atoms with Gasteiger partial charge in [-0.1, -0.05) is 56.4 Å². The molecule has 0 atom stereocenters. The van der Waals surface area contributed by atoms with Crippen LogP contribution in [0.3, 0.4) is 0 Å². The van der Waals surface area contributed by atoms with Crippen molar-refractivity contribution in [2.45, 2.75) is 68.6 Å². The number of ether oxygens (including phenoxy) is 1. The van der Waals surface area contributed by atoms with Crippen LogP contribution in [-0.2, 0) is 15.6 Å². The van der Waals surface area contributed by atoms with Crippen LogP contribution in [0.15, 0.2) is 53.0 Å². The molecule has 0 unspecified atom stereocenters. The van der Waals surface area contributed by atoms with Crippen molar-refractivity contribution in [3.8, 4) is 12.1 Å². The summed E-state index contributed by atoms with van der Waals surface area (Å²) < 4.78 is 5.91. The maximum Gasteiger partial charge on any atom is 0.137 e. The summed E-state index contributed by atoms with van der Waals surface area (Å²) in [6, 6.07) is 8.68. The number of halogens is 1. The molecular formula is C29H32IN3O. The Labute approximate surface area is 217 Å². The van der Waals surface area contributed by atoms with Gasteiger partial charge in [-0.05, 0) is 84.6 Å². The van der Waals surface area contributed by atoms with Gasteiger partial charge in [-0.2, -0.15) is 10.5 Å². The number of hydrogen-bond donors (Lipinski definition) is 0. The van der Waals surface area contributed by atoms with E-state index in [1.165, 1.54) is 16.8 Å². The van der Waals surface area contributed by atoms with E-state index >= 15 is 0 Å². The van der Waals surface area contributed by atoms with Crippen molar-refractivity contribution >= 4 is 34.4 Å². The van der Waals surface area contributed by atoms with Crippen LogP contribution in [0, 0.1) is 22.7 Å². The van der Waals surface area contributed by atoms with Crippen molar-refractivity contribution in [1.29, 1.82) is 10.5 Å². The van der Waals surface area contributed by atoms with Gasteiger partial charge >= 0.3 is 0 Å². The number of benzene rings is 1. The first kappa shape index (κ1) is 24.6. The molecule has 0 saturated heterocycles. The largest absolute Gasteiger partial charge is 0.460 e. The van der Waals surface area contributed by atoms with Gasteiger partial charge in [0.15, 0.2) is 0 Å². The molecule has 5 heteroatoms. The summed E-state index contributed by atoms with van der Waals surface area (Å²) in [5, 5.41) is 18.8. The van der Waals surface area contributed by atoms with Crippen LogP contribution in [0.2, 0.25) is 0 Å². The minimum absolute atomic E-state index is 0.0918. The van der Waals surface area contributed by atoms with E-state index in [0.29, 0.717) is 11.3 Å². The average molecular weight is 565 g/mol. The van der Waals surface area contributed by atoms with E-state index in [4.69, 9.17) is 4.74 Å². The molecule has 1 aromatic rings. The van der Waals surface area contributed by atoms with E-state index in [1.807, 2.05) is 32.1 Å². The van der Waals surface area contributed by atoms with Crippen LogP contribution < -0.4 is 4.90 Å². The first-order valence-electron chi connectivity index (χ1n) is 11.8. The molecule has 0 aromatic heterocycles. The van der Waals surface area contributed by atoms with Gasteiger partial charge in [-0.3, -0.25) is 0 Å². The Morgan fingerprint density at radius 1 is 1.00 bits per heavy atom. The predicted molar refractivity (Wildman–Crippen MR) is 147 cm³/mol. The third kappa shape index (κ3) is 4.56. The number of nitrogens with zero attached hydrogens (tertiary/aromatic N) is 3.